The van der Waals surface area contributed by atoms with E-state index in [9.17, 15) is 18.0 Å². The third-order valence-corrected chi connectivity index (χ3v) is 5.46. The normalized spacial score (nSPS) is 19.5. The molecule has 1 fully saturated rings. The van der Waals surface area contributed by atoms with Gasteiger partial charge in [-0.05, 0) is 24.3 Å². The number of amides is 1. The Morgan fingerprint density at radius 1 is 1.41 bits per heavy atom. The third-order valence-electron chi connectivity index (χ3n) is 3.29. The van der Waals surface area contributed by atoms with Gasteiger partial charge in [-0.2, -0.15) is 4.31 Å². The molecule has 7 nitrogen and oxygen atoms in total. The van der Waals surface area contributed by atoms with Crippen molar-refractivity contribution in [1.29, 1.82) is 0 Å². The van der Waals surface area contributed by atoms with Crippen molar-refractivity contribution < 1.29 is 22.7 Å². The van der Waals surface area contributed by atoms with Gasteiger partial charge in [0.2, 0.25) is 15.9 Å². The number of benzene rings is 1. The molecule has 0 bridgehead atoms. The van der Waals surface area contributed by atoms with Gasteiger partial charge < -0.3 is 10.1 Å². The first-order chi connectivity index (χ1) is 10.4. The van der Waals surface area contributed by atoms with Crippen molar-refractivity contribution in [2.45, 2.75) is 17.4 Å². The summed E-state index contributed by atoms with van der Waals surface area (Å²) in [6.07, 6.45) is -0.338. The van der Waals surface area contributed by atoms with Crippen molar-refractivity contribution >= 4 is 33.5 Å². The van der Waals surface area contributed by atoms with Gasteiger partial charge in [0.1, 0.15) is 6.04 Å². The second-order valence-corrected chi connectivity index (χ2v) is 6.98. The number of piperazine rings is 1. The highest BCUT2D eigenvalue weighted by molar-refractivity contribution is 7.89. The number of nitrogens with one attached hydrogen (secondary N) is 1. The Hall–Kier alpha value is -1.64. The first kappa shape index (κ1) is 16.7. The number of ether oxygens (including phenoxy) is 1. The predicted molar refractivity (Wildman–Crippen MR) is 78.8 cm³/mol. The lowest BCUT2D eigenvalue weighted by Crippen LogP contribution is -2.57. The van der Waals surface area contributed by atoms with Crippen LogP contribution in [0.15, 0.2) is 29.2 Å². The summed E-state index contributed by atoms with van der Waals surface area (Å²) in [5, 5.41) is 2.95. The summed E-state index contributed by atoms with van der Waals surface area (Å²) in [6, 6.07) is 4.50. The van der Waals surface area contributed by atoms with E-state index < -0.39 is 27.9 Å². The number of hydrogen-bond acceptors (Lipinski definition) is 5. The SMILES string of the molecule is COC(=O)C[C@@H]1C(=O)NCCN1S(=O)(=O)c1ccc(Cl)cc1. The van der Waals surface area contributed by atoms with Gasteiger partial charge in [0.05, 0.1) is 18.4 Å². The molecule has 0 unspecified atom stereocenters. The van der Waals surface area contributed by atoms with Crippen molar-refractivity contribution in [1.82, 2.24) is 9.62 Å². The Morgan fingerprint density at radius 3 is 2.64 bits per heavy atom. The molecule has 2 rings (SSSR count). The molecular weight excluding hydrogens is 332 g/mol. The van der Waals surface area contributed by atoms with Crippen LogP contribution in [0.4, 0.5) is 0 Å². The molecule has 1 aromatic carbocycles. The third kappa shape index (κ3) is 3.40. The highest BCUT2D eigenvalue weighted by atomic mass is 35.5. The van der Waals surface area contributed by atoms with E-state index in [1.54, 1.807) is 0 Å². The molecule has 1 N–H and O–H groups in total. The number of nitrogens with zero attached hydrogens (tertiary/aromatic N) is 1. The number of carbonyl (C=O) groups is 2. The van der Waals surface area contributed by atoms with Crippen molar-refractivity contribution in [2.75, 3.05) is 20.2 Å². The van der Waals surface area contributed by atoms with Crippen LogP contribution in [0.2, 0.25) is 5.02 Å². The minimum atomic E-state index is -3.91. The van der Waals surface area contributed by atoms with Gasteiger partial charge in [-0.15, -0.1) is 0 Å². The molecule has 9 heteroatoms. The topological polar surface area (TPSA) is 92.8 Å². The maximum absolute atomic E-state index is 12.7. The Morgan fingerprint density at radius 2 is 2.05 bits per heavy atom. The maximum Gasteiger partial charge on any atom is 0.307 e. The van der Waals surface area contributed by atoms with Crippen LogP contribution in [-0.4, -0.2) is 50.8 Å². The summed E-state index contributed by atoms with van der Waals surface area (Å²) in [5.74, 6) is -1.17. The standard InChI is InChI=1S/C13H15ClN2O5S/c1-21-12(17)8-11-13(18)15-6-7-16(11)22(19,20)10-4-2-9(14)3-5-10/h2-5,11H,6-8H2,1H3,(H,15,18)/t11-/m1/s1. The Balaban J connectivity index is 2.35. The van der Waals surface area contributed by atoms with Crippen molar-refractivity contribution in [2.24, 2.45) is 0 Å². The summed E-state index contributed by atoms with van der Waals surface area (Å²) in [6.45, 7) is 0.266. The van der Waals surface area contributed by atoms with Gasteiger partial charge >= 0.3 is 5.97 Å². The molecule has 22 heavy (non-hydrogen) atoms. The second-order valence-electron chi connectivity index (χ2n) is 4.66. The summed E-state index contributed by atoms with van der Waals surface area (Å²) in [7, 11) is -2.73. The molecule has 1 atom stereocenters. The van der Waals surface area contributed by atoms with Crippen molar-refractivity contribution in [3.8, 4) is 0 Å². The van der Waals surface area contributed by atoms with Gasteiger partial charge in [0, 0.05) is 18.1 Å². The zero-order chi connectivity index (χ0) is 16.3. The van der Waals surface area contributed by atoms with Crippen LogP contribution < -0.4 is 5.32 Å². The average molecular weight is 347 g/mol. The number of esters is 1. The molecule has 120 valence electrons. The van der Waals surface area contributed by atoms with E-state index in [-0.39, 0.29) is 24.4 Å². The summed E-state index contributed by atoms with van der Waals surface area (Å²) in [5.41, 5.74) is 0. The lowest BCUT2D eigenvalue weighted by atomic mass is 10.1. The fourth-order valence-corrected chi connectivity index (χ4v) is 3.87. The second kappa shape index (κ2) is 6.64. The molecule has 0 aliphatic carbocycles. The van der Waals surface area contributed by atoms with Crippen molar-refractivity contribution in [3.63, 3.8) is 0 Å². The van der Waals surface area contributed by atoms with Crippen LogP contribution in [0.5, 0.6) is 0 Å². The molecule has 0 saturated carbocycles. The molecule has 1 aliphatic rings. The van der Waals surface area contributed by atoms with Crippen LogP contribution in [0.3, 0.4) is 0 Å². The zero-order valence-electron chi connectivity index (χ0n) is 11.8. The lowest BCUT2D eigenvalue weighted by molar-refractivity contribution is -0.144. The number of carbonyl (C=O) groups excluding carboxylic acids is 2. The number of methoxy groups -OCH3 is 1. The van der Waals surface area contributed by atoms with Crippen LogP contribution in [0.25, 0.3) is 0 Å². The zero-order valence-corrected chi connectivity index (χ0v) is 13.4. The summed E-state index contributed by atoms with van der Waals surface area (Å²) in [4.78, 5) is 23.4. The predicted octanol–water partition coefficient (Wildman–Crippen LogP) is 0.392. The molecule has 1 aromatic rings. The minimum Gasteiger partial charge on any atom is -0.469 e. The van der Waals surface area contributed by atoms with E-state index in [2.05, 4.69) is 10.1 Å². The molecular formula is C13H15ClN2O5S. The first-order valence-electron chi connectivity index (χ1n) is 6.48. The summed E-state index contributed by atoms with van der Waals surface area (Å²) >= 11 is 5.75. The maximum atomic E-state index is 12.7. The highest BCUT2D eigenvalue weighted by Crippen LogP contribution is 2.23. The van der Waals surface area contributed by atoms with Crippen LogP contribution in [0, 0.1) is 0 Å². The minimum absolute atomic E-state index is 0.0152. The summed E-state index contributed by atoms with van der Waals surface area (Å²) < 4.78 is 30.9. The smallest absolute Gasteiger partial charge is 0.307 e. The van der Waals surface area contributed by atoms with Gasteiger partial charge in [-0.3, -0.25) is 9.59 Å². The Bertz CT molecular complexity index is 674. The monoisotopic (exact) mass is 346 g/mol. The van der Waals surface area contributed by atoms with Crippen LogP contribution in [0.1, 0.15) is 6.42 Å². The van der Waals surface area contributed by atoms with Gasteiger partial charge in [0.15, 0.2) is 0 Å². The molecule has 0 aromatic heterocycles. The largest absolute Gasteiger partial charge is 0.469 e. The van der Waals surface area contributed by atoms with E-state index in [0.29, 0.717) is 5.02 Å². The fourth-order valence-electron chi connectivity index (χ4n) is 2.16. The molecule has 1 aliphatic heterocycles. The first-order valence-corrected chi connectivity index (χ1v) is 8.30. The van der Waals surface area contributed by atoms with E-state index in [1.807, 2.05) is 0 Å². The number of sulfonamides is 1. The quantitative estimate of drug-likeness (QED) is 0.796. The molecule has 0 radical (unpaired) electrons. The van der Waals surface area contributed by atoms with E-state index in [0.717, 1.165) is 4.31 Å². The van der Waals surface area contributed by atoms with E-state index in [4.69, 9.17) is 11.6 Å². The average Bonchev–Trinajstić information content (AvgIpc) is 2.49. The molecule has 1 heterocycles. The fraction of sp³-hybridized carbons (Fsp3) is 0.385. The van der Waals surface area contributed by atoms with E-state index >= 15 is 0 Å². The molecule has 1 saturated heterocycles. The van der Waals surface area contributed by atoms with Crippen molar-refractivity contribution in [3.05, 3.63) is 29.3 Å². The van der Waals surface area contributed by atoms with Crippen LogP contribution >= 0.6 is 11.6 Å². The Kier molecular flexibility index (Phi) is 5.05. The number of hydrogen-bond donors (Lipinski definition) is 1. The van der Waals surface area contributed by atoms with E-state index in [1.165, 1.54) is 31.4 Å². The Labute approximate surface area is 133 Å². The number of halogens is 1. The molecule has 0 spiro atoms. The number of rotatable bonds is 4. The van der Waals surface area contributed by atoms with Gasteiger partial charge in [-0.1, -0.05) is 11.6 Å². The molecule has 1 amide bonds. The van der Waals surface area contributed by atoms with Gasteiger partial charge in [-0.25, -0.2) is 8.42 Å². The van der Waals surface area contributed by atoms with Gasteiger partial charge in [0.25, 0.3) is 0 Å². The van der Waals surface area contributed by atoms with Crippen LogP contribution in [-0.2, 0) is 24.3 Å². The lowest BCUT2D eigenvalue weighted by Gasteiger charge is -2.33. The highest BCUT2D eigenvalue weighted by Gasteiger charge is 2.39.